The molecule has 7 heteroatoms. The van der Waals surface area contributed by atoms with Gasteiger partial charge < -0.3 is 16.4 Å². The molecule has 0 saturated heterocycles. The van der Waals surface area contributed by atoms with E-state index >= 15 is 0 Å². The zero-order valence-electron chi connectivity index (χ0n) is 18.9. The van der Waals surface area contributed by atoms with Crippen molar-refractivity contribution in [2.75, 3.05) is 11.9 Å². The van der Waals surface area contributed by atoms with Crippen molar-refractivity contribution in [3.63, 3.8) is 0 Å². The lowest BCUT2D eigenvalue weighted by Gasteiger charge is -2.33. The van der Waals surface area contributed by atoms with Crippen LogP contribution in [-0.2, 0) is 15.0 Å². The molecule has 1 aromatic heterocycles. The number of pyridine rings is 1. The lowest BCUT2D eigenvalue weighted by atomic mass is 9.77. The highest BCUT2D eigenvalue weighted by Crippen LogP contribution is 2.41. The summed E-state index contributed by atoms with van der Waals surface area (Å²) in [6, 6.07) is 9.74. The van der Waals surface area contributed by atoms with Gasteiger partial charge in [-0.2, -0.15) is 0 Å². The van der Waals surface area contributed by atoms with Crippen LogP contribution in [0, 0.1) is 17.7 Å². The van der Waals surface area contributed by atoms with E-state index in [9.17, 15) is 14.0 Å². The Bertz CT molecular complexity index is 937. The predicted octanol–water partition coefficient (Wildman–Crippen LogP) is 3.92. The van der Waals surface area contributed by atoms with Crippen molar-refractivity contribution in [1.82, 2.24) is 10.3 Å². The molecule has 4 N–H and O–H groups in total. The maximum atomic E-state index is 13.4. The molecule has 1 atom stereocenters. The highest BCUT2D eigenvalue weighted by atomic mass is 19.1. The van der Waals surface area contributed by atoms with E-state index in [1.54, 1.807) is 36.7 Å². The van der Waals surface area contributed by atoms with Crippen LogP contribution < -0.4 is 16.4 Å². The number of amides is 2. The monoisotopic (exact) mass is 452 g/mol. The number of aromatic nitrogens is 1. The Morgan fingerprint density at radius 1 is 1.03 bits per heavy atom. The summed E-state index contributed by atoms with van der Waals surface area (Å²) < 4.78 is 13.4. The molecule has 2 amide bonds. The van der Waals surface area contributed by atoms with E-state index in [0.717, 1.165) is 62.6 Å². The van der Waals surface area contributed by atoms with Gasteiger partial charge in [-0.3, -0.25) is 14.6 Å². The number of benzene rings is 1. The van der Waals surface area contributed by atoms with Gasteiger partial charge in [-0.15, -0.1) is 0 Å². The Morgan fingerprint density at radius 2 is 1.67 bits per heavy atom. The third-order valence-corrected chi connectivity index (χ3v) is 7.48. The molecule has 0 spiro atoms. The Kier molecular flexibility index (Phi) is 7.38. The fourth-order valence-electron chi connectivity index (χ4n) is 5.43. The summed E-state index contributed by atoms with van der Waals surface area (Å²) in [5.41, 5.74) is 7.53. The quantitative estimate of drug-likeness (QED) is 0.593. The van der Waals surface area contributed by atoms with Crippen LogP contribution >= 0.6 is 0 Å². The van der Waals surface area contributed by atoms with Crippen LogP contribution in [0.2, 0.25) is 0 Å². The first-order valence-electron chi connectivity index (χ1n) is 12.0. The van der Waals surface area contributed by atoms with Gasteiger partial charge in [-0.25, -0.2) is 4.39 Å². The molecule has 176 valence electrons. The van der Waals surface area contributed by atoms with Gasteiger partial charge in [0.05, 0.1) is 5.41 Å². The Morgan fingerprint density at radius 3 is 2.30 bits per heavy atom. The van der Waals surface area contributed by atoms with Gasteiger partial charge in [-0.05, 0) is 74.3 Å². The molecule has 1 aromatic carbocycles. The standard InChI is InChI=1S/C26H33FN4O2/c27-21-9-7-20(8-10-21)26(13-1-2-14-26)25(33)30-17-23(28)18-3-5-19(6-4-18)24(32)31-22-11-15-29-16-12-22/h7-12,15-16,18-19,23H,1-6,13-14,17,28H2,(H,30,33)(H,29,31,32)/t18?,19?,23-/m1/s1. The molecule has 4 rings (SSSR count). The van der Waals surface area contributed by atoms with Gasteiger partial charge in [0.1, 0.15) is 5.82 Å². The van der Waals surface area contributed by atoms with Crippen LogP contribution in [0.5, 0.6) is 0 Å². The zero-order chi connectivity index (χ0) is 23.3. The predicted molar refractivity (Wildman–Crippen MR) is 126 cm³/mol. The molecule has 33 heavy (non-hydrogen) atoms. The number of nitrogens with zero attached hydrogens (tertiary/aromatic N) is 1. The van der Waals surface area contributed by atoms with Gasteiger partial charge in [0, 0.05) is 36.6 Å². The number of hydrogen-bond acceptors (Lipinski definition) is 4. The maximum Gasteiger partial charge on any atom is 0.230 e. The fraction of sp³-hybridized carbons (Fsp3) is 0.500. The third kappa shape index (κ3) is 5.41. The summed E-state index contributed by atoms with van der Waals surface area (Å²) >= 11 is 0. The number of carbonyl (C=O) groups excluding carboxylic acids is 2. The number of hydrogen-bond donors (Lipinski definition) is 3. The third-order valence-electron chi connectivity index (χ3n) is 7.48. The van der Waals surface area contributed by atoms with Crippen LogP contribution in [-0.4, -0.2) is 29.4 Å². The summed E-state index contributed by atoms with van der Waals surface area (Å²) in [4.78, 5) is 29.8. The van der Waals surface area contributed by atoms with E-state index in [1.807, 2.05) is 0 Å². The average molecular weight is 453 g/mol. The topological polar surface area (TPSA) is 97.1 Å². The van der Waals surface area contributed by atoms with Crippen molar-refractivity contribution in [2.45, 2.75) is 62.8 Å². The lowest BCUT2D eigenvalue weighted by molar-refractivity contribution is -0.126. The van der Waals surface area contributed by atoms with Gasteiger partial charge >= 0.3 is 0 Å². The van der Waals surface area contributed by atoms with Crippen molar-refractivity contribution in [1.29, 1.82) is 0 Å². The minimum atomic E-state index is -0.587. The average Bonchev–Trinajstić information content (AvgIpc) is 3.35. The highest BCUT2D eigenvalue weighted by Gasteiger charge is 2.42. The van der Waals surface area contributed by atoms with Crippen LogP contribution in [0.25, 0.3) is 0 Å². The summed E-state index contributed by atoms with van der Waals surface area (Å²) in [6.45, 7) is 0.417. The highest BCUT2D eigenvalue weighted by molar-refractivity contribution is 5.92. The molecular formula is C26H33FN4O2. The van der Waals surface area contributed by atoms with E-state index in [1.165, 1.54) is 12.1 Å². The molecule has 0 unspecified atom stereocenters. The van der Waals surface area contributed by atoms with Crippen molar-refractivity contribution in [2.24, 2.45) is 17.6 Å². The SMILES string of the molecule is N[C@H](CNC(=O)C1(c2ccc(F)cc2)CCCC1)C1CCC(C(=O)Nc2ccncc2)CC1. The molecule has 2 aromatic rings. The normalized spacial score (nSPS) is 23.0. The lowest BCUT2D eigenvalue weighted by Crippen LogP contribution is -2.49. The number of anilines is 1. The molecule has 2 saturated carbocycles. The van der Waals surface area contributed by atoms with E-state index in [2.05, 4.69) is 15.6 Å². The minimum Gasteiger partial charge on any atom is -0.354 e. The molecular weight excluding hydrogens is 419 g/mol. The van der Waals surface area contributed by atoms with E-state index in [4.69, 9.17) is 5.73 Å². The minimum absolute atomic E-state index is 0.00697. The second-order valence-corrected chi connectivity index (χ2v) is 9.51. The number of nitrogens with two attached hydrogens (primary N) is 1. The first-order valence-corrected chi connectivity index (χ1v) is 12.0. The van der Waals surface area contributed by atoms with Crippen LogP contribution in [0.4, 0.5) is 10.1 Å². The Hall–Kier alpha value is -2.80. The smallest absolute Gasteiger partial charge is 0.230 e. The Labute approximate surface area is 194 Å². The number of nitrogens with one attached hydrogen (secondary N) is 2. The number of halogens is 1. The molecule has 2 fully saturated rings. The first kappa shape index (κ1) is 23.4. The van der Waals surface area contributed by atoms with Crippen molar-refractivity contribution in [3.05, 3.63) is 60.2 Å². The zero-order valence-corrected chi connectivity index (χ0v) is 18.9. The van der Waals surface area contributed by atoms with Crippen LogP contribution in [0.3, 0.4) is 0 Å². The molecule has 0 aliphatic heterocycles. The second kappa shape index (κ2) is 10.4. The number of rotatable bonds is 7. The largest absolute Gasteiger partial charge is 0.354 e. The van der Waals surface area contributed by atoms with Gasteiger partial charge in [0.15, 0.2) is 0 Å². The first-order chi connectivity index (χ1) is 16.0. The van der Waals surface area contributed by atoms with Gasteiger partial charge in [-0.1, -0.05) is 25.0 Å². The molecule has 2 aliphatic rings. The molecule has 0 radical (unpaired) electrons. The second-order valence-electron chi connectivity index (χ2n) is 9.51. The Balaban J connectivity index is 1.27. The summed E-state index contributed by atoms with van der Waals surface area (Å²) in [6.07, 6.45) is 10.2. The fourth-order valence-corrected chi connectivity index (χ4v) is 5.43. The van der Waals surface area contributed by atoms with Crippen molar-refractivity contribution in [3.8, 4) is 0 Å². The molecule has 1 heterocycles. The molecule has 2 aliphatic carbocycles. The molecule has 6 nitrogen and oxygen atoms in total. The number of carbonyl (C=O) groups is 2. The van der Waals surface area contributed by atoms with E-state index < -0.39 is 5.41 Å². The van der Waals surface area contributed by atoms with Gasteiger partial charge in [0.25, 0.3) is 0 Å². The van der Waals surface area contributed by atoms with Crippen molar-refractivity contribution >= 4 is 17.5 Å². The van der Waals surface area contributed by atoms with Crippen LogP contribution in [0.15, 0.2) is 48.8 Å². The van der Waals surface area contributed by atoms with E-state index in [-0.39, 0.29) is 35.5 Å². The summed E-state index contributed by atoms with van der Waals surface area (Å²) in [5.74, 6) is 0.00734. The van der Waals surface area contributed by atoms with Gasteiger partial charge in [0.2, 0.25) is 11.8 Å². The summed E-state index contributed by atoms with van der Waals surface area (Å²) in [5, 5.41) is 6.06. The maximum absolute atomic E-state index is 13.4. The van der Waals surface area contributed by atoms with E-state index in [0.29, 0.717) is 6.54 Å². The molecule has 0 bridgehead atoms. The summed E-state index contributed by atoms with van der Waals surface area (Å²) in [7, 11) is 0. The van der Waals surface area contributed by atoms with Crippen LogP contribution in [0.1, 0.15) is 56.9 Å². The van der Waals surface area contributed by atoms with Crippen molar-refractivity contribution < 1.29 is 14.0 Å².